The maximum absolute atomic E-state index is 13.4. The quantitative estimate of drug-likeness (QED) is 0.428. The number of amides is 1. The number of nitriles is 1. The Morgan fingerprint density at radius 3 is 2.62 bits per heavy atom. The summed E-state index contributed by atoms with van der Waals surface area (Å²) in [4.78, 5) is 30.2. The van der Waals surface area contributed by atoms with Gasteiger partial charge in [-0.25, -0.2) is 4.79 Å². The van der Waals surface area contributed by atoms with Crippen LogP contribution in [0.15, 0.2) is 67.1 Å². The number of carboxylic acid groups (broad SMARTS) is 1. The number of para-hydroxylation sites is 1. The summed E-state index contributed by atoms with van der Waals surface area (Å²) in [6, 6.07) is 17.7. The zero-order chi connectivity index (χ0) is 23.7. The Hall–Kier alpha value is -4.44. The number of aromatic nitrogens is 2. The lowest BCUT2D eigenvalue weighted by Crippen LogP contribution is -2.40. The SMILES string of the molecule is N#CC(=Cc1cccc2cnccc12)c1cn(C(=O)C2CCN(C(=O)O)CC2)c2ccccc12. The molecular weight excluding hydrogens is 428 g/mol. The molecule has 3 heterocycles. The summed E-state index contributed by atoms with van der Waals surface area (Å²) in [5.41, 5.74) is 2.81. The number of hydrogen-bond acceptors (Lipinski definition) is 4. The third-order valence-electron chi connectivity index (χ3n) is 6.49. The summed E-state index contributed by atoms with van der Waals surface area (Å²) < 4.78 is 1.63. The van der Waals surface area contributed by atoms with Crippen LogP contribution in [0.2, 0.25) is 0 Å². The van der Waals surface area contributed by atoms with Crippen molar-refractivity contribution < 1.29 is 14.7 Å². The molecule has 4 aromatic rings. The van der Waals surface area contributed by atoms with Crippen molar-refractivity contribution in [3.63, 3.8) is 0 Å². The smallest absolute Gasteiger partial charge is 0.407 e. The highest BCUT2D eigenvalue weighted by Gasteiger charge is 2.29. The standard InChI is InChI=1S/C27H22N4O3/c28-15-21(14-19-4-3-5-20-16-29-11-8-22(19)20)24-17-31(25-7-2-1-6-23(24)25)26(32)18-9-12-30(13-10-18)27(33)34/h1-8,11,14,16-18H,9-10,12-13H2,(H,33,34). The lowest BCUT2D eigenvalue weighted by Gasteiger charge is -2.29. The molecule has 0 spiro atoms. The Bertz CT molecular complexity index is 1480. The molecule has 0 atom stereocenters. The van der Waals surface area contributed by atoms with E-state index < -0.39 is 6.09 Å². The molecule has 7 nitrogen and oxygen atoms in total. The lowest BCUT2D eigenvalue weighted by atomic mass is 9.96. The van der Waals surface area contributed by atoms with Crippen LogP contribution in [-0.4, -0.2) is 44.6 Å². The average Bonchev–Trinajstić information content (AvgIpc) is 3.26. The van der Waals surface area contributed by atoms with Gasteiger partial charge in [0.05, 0.1) is 17.2 Å². The molecule has 1 amide bonds. The Balaban J connectivity index is 1.56. The summed E-state index contributed by atoms with van der Waals surface area (Å²) in [5, 5.41) is 22.1. The number of pyridine rings is 1. The van der Waals surface area contributed by atoms with E-state index in [4.69, 9.17) is 0 Å². The van der Waals surface area contributed by atoms with Gasteiger partial charge in [0, 0.05) is 53.9 Å². The van der Waals surface area contributed by atoms with Gasteiger partial charge in [0.1, 0.15) is 0 Å². The van der Waals surface area contributed by atoms with E-state index in [1.165, 1.54) is 4.90 Å². The summed E-state index contributed by atoms with van der Waals surface area (Å²) >= 11 is 0. The molecule has 2 aromatic heterocycles. The summed E-state index contributed by atoms with van der Waals surface area (Å²) in [5.74, 6) is -0.333. The molecule has 0 aliphatic carbocycles. The first-order valence-corrected chi connectivity index (χ1v) is 11.1. The molecule has 1 saturated heterocycles. The van der Waals surface area contributed by atoms with Crippen LogP contribution >= 0.6 is 0 Å². The van der Waals surface area contributed by atoms with Gasteiger partial charge in [-0.3, -0.25) is 14.3 Å². The van der Waals surface area contributed by atoms with E-state index in [9.17, 15) is 20.0 Å². The van der Waals surface area contributed by atoms with Crippen LogP contribution in [0.25, 0.3) is 33.3 Å². The maximum Gasteiger partial charge on any atom is 0.407 e. The maximum atomic E-state index is 13.4. The van der Waals surface area contributed by atoms with Crippen molar-refractivity contribution in [3.8, 4) is 6.07 Å². The molecule has 2 aromatic carbocycles. The van der Waals surface area contributed by atoms with Crippen molar-refractivity contribution in [1.29, 1.82) is 5.26 Å². The van der Waals surface area contributed by atoms with Crippen molar-refractivity contribution >= 4 is 45.3 Å². The van der Waals surface area contributed by atoms with Crippen molar-refractivity contribution in [1.82, 2.24) is 14.5 Å². The zero-order valence-electron chi connectivity index (χ0n) is 18.4. The third-order valence-corrected chi connectivity index (χ3v) is 6.49. The molecule has 5 rings (SSSR count). The molecule has 1 aliphatic rings. The second-order valence-electron chi connectivity index (χ2n) is 8.43. The van der Waals surface area contributed by atoms with Gasteiger partial charge in [-0.2, -0.15) is 5.26 Å². The summed E-state index contributed by atoms with van der Waals surface area (Å²) in [6.07, 6.45) is 7.14. The number of rotatable bonds is 3. The highest BCUT2D eigenvalue weighted by atomic mass is 16.4. The van der Waals surface area contributed by atoms with Crippen molar-refractivity contribution in [2.45, 2.75) is 12.8 Å². The van der Waals surface area contributed by atoms with Crippen molar-refractivity contribution in [2.75, 3.05) is 13.1 Å². The van der Waals surface area contributed by atoms with E-state index in [-0.39, 0.29) is 11.8 Å². The molecule has 0 radical (unpaired) electrons. The topological polar surface area (TPSA) is 99.2 Å². The number of carbonyl (C=O) groups is 2. The molecule has 0 saturated carbocycles. The summed E-state index contributed by atoms with van der Waals surface area (Å²) in [7, 11) is 0. The number of hydrogen-bond donors (Lipinski definition) is 1. The minimum atomic E-state index is -0.951. The van der Waals surface area contributed by atoms with Gasteiger partial charge in [0.15, 0.2) is 0 Å². The fraction of sp³-hybridized carbons (Fsp3) is 0.185. The van der Waals surface area contributed by atoms with Crippen LogP contribution in [-0.2, 0) is 0 Å². The van der Waals surface area contributed by atoms with Gasteiger partial charge in [0.2, 0.25) is 5.91 Å². The Kier molecular flexibility index (Phi) is 5.56. The van der Waals surface area contributed by atoms with Crippen LogP contribution < -0.4 is 0 Å². The van der Waals surface area contributed by atoms with Crippen LogP contribution in [0.5, 0.6) is 0 Å². The number of likely N-dealkylation sites (tertiary alicyclic amines) is 1. The van der Waals surface area contributed by atoms with Gasteiger partial charge in [-0.15, -0.1) is 0 Å². The van der Waals surface area contributed by atoms with Crippen molar-refractivity contribution in [3.05, 3.63) is 78.2 Å². The van der Waals surface area contributed by atoms with Crippen LogP contribution in [0, 0.1) is 17.2 Å². The number of fused-ring (bicyclic) bond motifs is 2. The zero-order valence-corrected chi connectivity index (χ0v) is 18.4. The first-order valence-electron chi connectivity index (χ1n) is 11.1. The second-order valence-corrected chi connectivity index (χ2v) is 8.43. The Morgan fingerprint density at radius 2 is 1.85 bits per heavy atom. The van der Waals surface area contributed by atoms with Gasteiger partial charge < -0.3 is 10.0 Å². The van der Waals surface area contributed by atoms with Crippen LogP contribution in [0.4, 0.5) is 4.79 Å². The van der Waals surface area contributed by atoms with Gasteiger partial charge >= 0.3 is 6.09 Å². The molecule has 1 fully saturated rings. The van der Waals surface area contributed by atoms with Crippen molar-refractivity contribution in [2.24, 2.45) is 5.92 Å². The third kappa shape index (κ3) is 3.80. The molecular formula is C27H22N4O3. The molecule has 1 aliphatic heterocycles. The number of benzene rings is 2. The number of piperidine rings is 1. The minimum absolute atomic E-state index is 0.0685. The summed E-state index contributed by atoms with van der Waals surface area (Å²) in [6.45, 7) is 0.689. The monoisotopic (exact) mass is 450 g/mol. The predicted molar refractivity (Wildman–Crippen MR) is 130 cm³/mol. The first-order chi connectivity index (χ1) is 16.6. The van der Waals surface area contributed by atoms with E-state index in [2.05, 4.69) is 11.1 Å². The number of allylic oxidation sites excluding steroid dienone is 1. The Morgan fingerprint density at radius 1 is 1.06 bits per heavy atom. The minimum Gasteiger partial charge on any atom is -0.465 e. The second kappa shape index (κ2) is 8.83. The van der Waals surface area contributed by atoms with Crippen LogP contribution in [0.3, 0.4) is 0 Å². The normalized spacial score (nSPS) is 14.9. The lowest BCUT2D eigenvalue weighted by molar-refractivity contribution is 0.0744. The fourth-order valence-corrected chi connectivity index (χ4v) is 4.69. The highest BCUT2D eigenvalue weighted by molar-refractivity contribution is 6.06. The molecule has 1 N–H and O–H groups in total. The predicted octanol–water partition coefficient (Wildman–Crippen LogP) is 5.28. The van der Waals surface area contributed by atoms with Crippen LogP contribution in [0.1, 0.15) is 28.8 Å². The molecule has 0 bridgehead atoms. The van der Waals surface area contributed by atoms with Gasteiger partial charge in [-0.1, -0.05) is 36.4 Å². The largest absolute Gasteiger partial charge is 0.465 e. The molecule has 7 heteroatoms. The first kappa shape index (κ1) is 21.4. The molecule has 0 unspecified atom stereocenters. The number of nitrogens with zero attached hydrogens (tertiary/aromatic N) is 4. The van der Waals surface area contributed by atoms with E-state index in [1.807, 2.05) is 54.6 Å². The molecule has 34 heavy (non-hydrogen) atoms. The molecule has 168 valence electrons. The van der Waals surface area contributed by atoms with Gasteiger partial charge in [0.25, 0.3) is 0 Å². The van der Waals surface area contributed by atoms with E-state index in [0.29, 0.717) is 37.1 Å². The average molecular weight is 450 g/mol. The number of carbonyl (C=O) groups excluding carboxylic acids is 1. The van der Waals surface area contributed by atoms with E-state index in [0.717, 1.165) is 27.2 Å². The fourth-order valence-electron chi connectivity index (χ4n) is 4.69. The van der Waals surface area contributed by atoms with E-state index >= 15 is 0 Å². The highest BCUT2D eigenvalue weighted by Crippen LogP contribution is 2.31. The Labute approximate surface area is 196 Å². The van der Waals surface area contributed by atoms with Gasteiger partial charge in [-0.05, 0) is 42.0 Å². The van der Waals surface area contributed by atoms with E-state index in [1.54, 1.807) is 23.2 Å².